The van der Waals surface area contributed by atoms with Gasteiger partial charge < -0.3 is 19.9 Å². The summed E-state index contributed by atoms with van der Waals surface area (Å²) in [5.74, 6) is -3.28. The van der Waals surface area contributed by atoms with Gasteiger partial charge in [0, 0.05) is 18.2 Å². The second-order valence-corrected chi connectivity index (χ2v) is 7.63. The molecular weight excluding hydrogens is 446 g/mol. The number of carbonyl (C=O) groups is 2. The van der Waals surface area contributed by atoms with E-state index in [2.05, 4.69) is 10.3 Å². The zero-order chi connectivity index (χ0) is 24.8. The molecule has 0 aliphatic carbocycles. The first-order valence-corrected chi connectivity index (χ1v) is 10.5. The molecule has 3 aromatic rings. The van der Waals surface area contributed by atoms with Crippen molar-refractivity contribution in [3.05, 3.63) is 89.2 Å². The van der Waals surface area contributed by atoms with Gasteiger partial charge in [-0.15, -0.1) is 0 Å². The minimum atomic E-state index is -1.08. The van der Waals surface area contributed by atoms with Crippen molar-refractivity contribution in [3.8, 4) is 11.5 Å². The number of rotatable bonds is 8. The summed E-state index contributed by atoms with van der Waals surface area (Å²) >= 11 is 0. The van der Waals surface area contributed by atoms with Gasteiger partial charge in [-0.2, -0.15) is 0 Å². The highest BCUT2D eigenvalue weighted by Crippen LogP contribution is 2.31. The molecule has 2 aromatic carbocycles. The van der Waals surface area contributed by atoms with Gasteiger partial charge in [-0.1, -0.05) is 24.3 Å². The van der Waals surface area contributed by atoms with Crippen LogP contribution in [-0.4, -0.2) is 41.2 Å². The van der Waals surface area contributed by atoms with Crippen molar-refractivity contribution in [2.75, 3.05) is 7.11 Å². The molecule has 9 heteroatoms. The number of hydrogen-bond acceptors (Lipinski definition) is 6. The van der Waals surface area contributed by atoms with Crippen LogP contribution >= 0.6 is 0 Å². The maximum Gasteiger partial charge on any atom is 0.328 e. The number of pyridine rings is 1. The molecule has 1 aromatic heterocycles. The number of benzene rings is 2. The molecule has 0 bridgehead atoms. The number of nitrogens with one attached hydrogen (secondary N) is 1. The third kappa shape index (κ3) is 5.67. The Bertz CT molecular complexity index is 1110. The average Bonchev–Trinajstić information content (AvgIpc) is 2.81. The Morgan fingerprint density at radius 1 is 0.941 bits per heavy atom. The number of nitrogens with zero attached hydrogens (tertiary/aromatic N) is 1. The van der Waals surface area contributed by atoms with E-state index < -0.39 is 47.3 Å². The van der Waals surface area contributed by atoms with Crippen LogP contribution in [-0.2, 0) is 9.53 Å². The number of methoxy groups -OCH3 is 1. The minimum Gasteiger partial charge on any atom is -0.503 e. The number of halogens is 2. The summed E-state index contributed by atoms with van der Waals surface area (Å²) in [6, 6.07) is 11.7. The smallest absolute Gasteiger partial charge is 0.328 e. The molecule has 0 radical (unpaired) electrons. The van der Waals surface area contributed by atoms with E-state index in [4.69, 9.17) is 9.47 Å². The quantitative estimate of drug-likeness (QED) is 0.484. The van der Waals surface area contributed by atoms with Gasteiger partial charge in [-0.05, 0) is 49.2 Å². The minimum absolute atomic E-state index is 0.0606. The normalized spacial score (nSPS) is 12.6. The van der Waals surface area contributed by atoms with Gasteiger partial charge in [0.05, 0.1) is 7.11 Å². The summed E-state index contributed by atoms with van der Waals surface area (Å²) in [6.45, 7) is 3.08. The molecule has 1 amide bonds. The van der Waals surface area contributed by atoms with Gasteiger partial charge in [-0.25, -0.2) is 18.6 Å². The zero-order valence-corrected chi connectivity index (χ0v) is 18.8. The van der Waals surface area contributed by atoms with E-state index in [-0.39, 0.29) is 11.4 Å². The highest BCUT2D eigenvalue weighted by atomic mass is 19.1. The van der Waals surface area contributed by atoms with Gasteiger partial charge in [-0.3, -0.25) is 4.79 Å². The predicted molar refractivity (Wildman–Crippen MR) is 120 cm³/mol. The maximum absolute atomic E-state index is 13.5. The van der Waals surface area contributed by atoms with E-state index in [1.165, 1.54) is 50.6 Å². The fourth-order valence-electron chi connectivity index (χ4n) is 3.52. The molecule has 0 unspecified atom stereocenters. The molecule has 178 valence electrons. The Morgan fingerprint density at radius 2 is 1.47 bits per heavy atom. The molecule has 0 spiro atoms. The SMILES string of the molecule is COc1ccnc(C(=O)N[C@@H](C)C(=O)O[C@@H](C)C(c2ccc(F)cc2)c2ccc(F)cc2)c1O. The Morgan fingerprint density at radius 3 is 1.97 bits per heavy atom. The average molecular weight is 470 g/mol. The molecule has 34 heavy (non-hydrogen) atoms. The van der Waals surface area contributed by atoms with Crippen LogP contribution in [0.1, 0.15) is 41.4 Å². The number of hydrogen-bond donors (Lipinski definition) is 2. The fourth-order valence-corrected chi connectivity index (χ4v) is 3.52. The first-order valence-electron chi connectivity index (χ1n) is 10.5. The first-order chi connectivity index (χ1) is 16.2. The Balaban J connectivity index is 1.76. The van der Waals surface area contributed by atoms with Crippen molar-refractivity contribution in [2.24, 2.45) is 0 Å². The van der Waals surface area contributed by atoms with Gasteiger partial charge >= 0.3 is 5.97 Å². The number of aromatic nitrogens is 1. The van der Waals surface area contributed by atoms with Crippen LogP contribution in [0.15, 0.2) is 60.8 Å². The summed E-state index contributed by atoms with van der Waals surface area (Å²) in [7, 11) is 1.33. The van der Waals surface area contributed by atoms with E-state index in [0.717, 1.165) is 0 Å². The van der Waals surface area contributed by atoms with Crippen molar-refractivity contribution < 1.29 is 33.0 Å². The lowest BCUT2D eigenvalue weighted by atomic mass is 9.87. The summed E-state index contributed by atoms with van der Waals surface area (Å²) in [5, 5.41) is 12.5. The number of ether oxygens (including phenoxy) is 2. The predicted octanol–water partition coefficient (Wildman–Crippen LogP) is 3.96. The molecular formula is C25H24F2N2O5. The van der Waals surface area contributed by atoms with Crippen LogP contribution in [0.3, 0.4) is 0 Å². The van der Waals surface area contributed by atoms with Gasteiger partial charge in [0.1, 0.15) is 23.8 Å². The second-order valence-electron chi connectivity index (χ2n) is 7.63. The van der Waals surface area contributed by atoms with E-state index >= 15 is 0 Å². The number of carbonyl (C=O) groups excluding carboxylic acids is 2. The van der Waals surface area contributed by atoms with Gasteiger partial charge in [0.15, 0.2) is 17.2 Å². The first kappa shape index (κ1) is 24.6. The molecule has 1 heterocycles. The molecule has 3 rings (SSSR count). The van der Waals surface area contributed by atoms with Crippen LogP contribution < -0.4 is 10.1 Å². The van der Waals surface area contributed by atoms with Crippen LogP contribution in [0.4, 0.5) is 8.78 Å². The zero-order valence-electron chi connectivity index (χ0n) is 18.8. The Kier molecular flexibility index (Phi) is 7.78. The van der Waals surface area contributed by atoms with Crippen molar-refractivity contribution in [1.29, 1.82) is 0 Å². The van der Waals surface area contributed by atoms with E-state index in [9.17, 15) is 23.5 Å². The fraction of sp³-hybridized carbons (Fsp3) is 0.240. The summed E-state index contributed by atoms with van der Waals surface area (Å²) in [4.78, 5) is 29.1. The van der Waals surface area contributed by atoms with Gasteiger partial charge in [0.2, 0.25) is 0 Å². The van der Waals surface area contributed by atoms with E-state index in [0.29, 0.717) is 11.1 Å². The monoisotopic (exact) mass is 470 g/mol. The van der Waals surface area contributed by atoms with E-state index in [1.807, 2.05) is 0 Å². The van der Waals surface area contributed by atoms with Crippen molar-refractivity contribution in [3.63, 3.8) is 0 Å². The van der Waals surface area contributed by atoms with Crippen molar-refractivity contribution >= 4 is 11.9 Å². The lowest BCUT2D eigenvalue weighted by Gasteiger charge is -2.26. The highest BCUT2D eigenvalue weighted by molar-refractivity contribution is 5.97. The van der Waals surface area contributed by atoms with Crippen LogP contribution in [0.5, 0.6) is 11.5 Å². The summed E-state index contributed by atoms with van der Waals surface area (Å²) < 4.78 is 37.5. The third-order valence-electron chi connectivity index (χ3n) is 5.25. The largest absolute Gasteiger partial charge is 0.503 e. The molecule has 0 aliphatic heterocycles. The second kappa shape index (κ2) is 10.7. The summed E-state index contributed by atoms with van der Waals surface area (Å²) in [5.41, 5.74) is 1.02. The number of amides is 1. The van der Waals surface area contributed by atoms with Gasteiger partial charge in [0.25, 0.3) is 5.91 Å². The van der Waals surface area contributed by atoms with Crippen LogP contribution in [0, 0.1) is 11.6 Å². The lowest BCUT2D eigenvalue weighted by molar-refractivity contribution is -0.150. The number of esters is 1. The molecule has 0 saturated heterocycles. The standard InChI is InChI=1S/C25H24F2N2O5/c1-14(29-24(31)22-23(30)20(33-3)12-13-28-22)25(32)34-15(2)21(16-4-8-18(26)9-5-16)17-6-10-19(27)11-7-17/h4-15,21,30H,1-3H3,(H,29,31)/t14-,15-/m0/s1. The molecule has 2 atom stereocenters. The lowest BCUT2D eigenvalue weighted by Crippen LogP contribution is -2.41. The van der Waals surface area contributed by atoms with Crippen LogP contribution in [0.25, 0.3) is 0 Å². The third-order valence-corrected chi connectivity index (χ3v) is 5.25. The van der Waals surface area contributed by atoms with Crippen LogP contribution in [0.2, 0.25) is 0 Å². The maximum atomic E-state index is 13.5. The summed E-state index contributed by atoms with van der Waals surface area (Å²) in [6.07, 6.45) is 0.542. The molecule has 2 N–H and O–H groups in total. The van der Waals surface area contributed by atoms with Crippen molar-refractivity contribution in [2.45, 2.75) is 31.9 Å². The Hall–Kier alpha value is -4.01. The molecule has 7 nitrogen and oxygen atoms in total. The highest BCUT2D eigenvalue weighted by Gasteiger charge is 2.28. The van der Waals surface area contributed by atoms with E-state index in [1.54, 1.807) is 31.2 Å². The van der Waals surface area contributed by atoms with Crippen molar-refractivity contribution in [1.82, 2.24) is 10.3 Å². The molecule has 0 saturated carbocycles. The molecule has 0 fully saturated rings. The Labute approximate surface area is 195 Å². The number of aromatic hydroxyl groups is 1. The topological polar surface area (TPSA) is 97.8 Å². The molecule has 0 aliphatic rings.